The number of rotatable bonds is 8. The molecule has 1 amide bonds. The number of amides is 1. The highest BCUT2D eigenvalue weighted by Crippen LogP contribution is 2.00. The second kappa shape index (κ2) is 8.23. The van der Waals surface area contributed by atoms with Crippen molar-refractivity contribution in [3.63, 3.8) is 0 Å². The fourth-order valence-corrected chi connectivity index (χ4v) is 1.62. The monoisotopic (exact) mass is 281 g/mol. The van der Waals surface area contributed by atoms with Crippen molar-refractivity contribution >= 4 is 5.91 Å². The normalized spacial score (nSPS) is 10.3. The number of nitrogens with zero attached hydrogens (tertiary/aromatic N) is 3. The van der Waals surface area contributed by atoms with Gasteiger partial charge in [0.2, 0.25) is 0 Å². The maximum atomic E-state index is 12.2. The minimum Gasteiger partial charge on any atom is -0.395 e. The molecule has 110 valence electrons. The minimum atomic E-state index is -0.356. The number of hydrogen-bond acceptors (Lipinski definition) is 5. The lowest BCUT2D eigenvalue weighted by atomic mass is 10.3. The molecule has 0 unspecified atom stereocenters. The molecule has 1 rings (SSSR count). The maximum Gasteiger partial charge on any atom is 0.274 e. The SMILES string of the molecule is C=CCN(CCO)C(=O)c1ccc(=O)n(CCOC)n1. The summed E-state index contributed by atoms with van der Waals surface area (Å²) in [5.41, 5.74) is -0.146. The van der Waals surface area contributed by atoms with Gasteiger partial charge in [-0.1, -0.05) is 6.08 Å². The number of methoxy groups -OCH3 is 1. The Labute approximate surface area is 117 Å². The van der Waals surface area contributed by atoms with E-state index in [0.717, 1.165) is 0 Å². The lowest BCUT2D eigenvalue weighted by molar-refractivity contribution is 0.0733. The molecule has 7 heteroatoms. The molecule has 1 heterocycles. The molecule has 0 aliphatic heterocycles. The summed E-state index contributed by atoms with van der Waals surface area (Å²) in [6.07, 6.45) is 1.56. The summed E-state index contributed by atoms with van der Waals surface area (Å²) in [5, 5.41) is 13.0. The van der Waals surface area contributed by atoms with Crippen molar-refractivity contribution in [3.05, 3.63) is 40.8 Å². The topological polar surface area (TPSA) is 84.7 Å². The van der Waals surface area contributed by atoms with Gasteiger partial charge in [-0.15, -0.1) is 6.58 Å². The highest BCUT2D eigenvalue weighted by Gasteiger charge is 2.16. The van der Waals surface area contributed by atoms with E-state index in [2.05, 4.69) is 11.7 Å². The van der Waals surface area contributed by atoms with Gasteiger partial charge < -0.3 is 14.7 Å². The van der Waals surface area contributed by atoms with Crippen molar-refractivity contribution in [2.45, 2.75) is 6.54 Å². The molecule has 20 heavy (non-hydrogen) atoms. The maximum absolute atomic E-state index is 12.2. The predicted octanol–water partition coefficient (Wildman–Crippen LogP) is -0.490. The number of aromatic nitrogens is 2. The lowest BCUT2D eigenvalue weighted by Gasteiger charge is -2.19. The van der Waals surface area contributed by atoms with Crippen molar-refractivity contribution < 1.29 is 14.6 Å². The van der Waals surface area contributed by atoms with Crippen molar-refractivity contribution in [1.29, 1.82) is 0 Å². The second-order valence-corrected chi connectivity index (χ2v) is 4.04. The molecule has 0 aliphatic carbocycles. The minimum absolute atomic E-state index is 0.149. The van der Waals surface area contributed by atoms with Crippen LogP contribution in [0.2, 0.25) is 0 Å². The van der Waals surface area contributed by atoms with Crippen LogP contribution in [0.4, 0.5) is 0 Å². The van der Waals surface area contributed by atoms with E-state index < -0.39 is 0 Å². The van der Waals surface area contributed by atoms with Crippen molar-refractivity contribution in [1.82, 2.24) is 14.7 Å². The first-order valence-electron chi connectivity index (χ1n) is 6.22. The Morgan fingerprint density at radius 3 is 2.95 bits per heavy atom. The number of aliphatic hydroxyl groups is 1. The van der Waals surface area contributed by atoms with Crippen LogP contribution in [-0.2, 0) is 11.3 Å². The molecule has 1 aromatic heterocycles. The Morgan fingerprint density at radius 2 is 2.35 bits per heavy atom. The highest BCUT2D eigenvalue weighted by atomic mass is 16.5. The van der Waals surface area contributed by atoms with Crippen LogP contribution in [-0.4, -0.2) is 59.1 Å². The van der Waals surface area contributed by atoms with Gasteiger partial charge in [-0.25, -0.2) is 4.68 Å². The summed E-state index contributed by atoms with van der Waals surface area (Å²) < 4.78 is 6.07. The predicted molar refractivity (Wildman–Crippen MR) is 73.6 cm³/mol. The van der Waals surface area contributed by atoms with Gasteiger partial charge in [0, 0.05) is 26.3 Å². The standard InChI is InChI=1S/C13H19N3O4/c1-3-6-15(7-9-17)13(19)11-4-5-12(18)16(14-11)8-10-20-2/h3-5,17H,1,6-10H2,2H3. The zero-order valence-electron chi connectivity index (χ0n) is 11.5. The molecule has 0 saturated heterocycles. The van der Waals surface area contributed by atoms with E-state index >= 15 is 0 Å². The quantitative estimate of drug-likeness (QED) is 0.650. The number of carbonyl (C=O) groups is 1. The second-order valence-electron chi connectivity index (χ2n) is 4.04. The van der Waals surface area contributed by atoms with Gasteiger partial charge in [0.05, 0.1) is 19.8 Å². The molecule has 0 aliphatic rings. The first-order valence-corrected chi connectivity index (χ1v) is 6.22. The van der Waals surface area contributed by atoms with E-state index in [1.807, 2.05) is 0 Å². The Hall–Kier alpha value is -1.99. The number of hydrogen-bond donors (Lipinski definition) is 1. The highest BCUT2D eigenvalue weighted by molar-refractivity contribution is 5.92. The van der Waals surface area contributed by atoms with Gasteiger partial charge in [-0.3, -0.25) is 9.59 Å². The van der Waals surface area contributed by atoms with Gasteiger partial charge in [0.25, 0.3) is 11.5 Å². The number of ether oxygens (including phenoxy) is 1. The van der Waals surface area contributed by atoms with E-state index in [1.54, 1.807) is 6.08 Å². The fraction of sp³-hybridized carbons (Fsp3) is 0.462. The molecule has 0 radical (unpaired) electrons. The fourth-order valence-electron chi connectivity index (χ4n) is 1.62. The molecule has 1 aromatic rings. The molecule has 7 nitrogen and oxygen atoms in total. The third-order valence-corrected chi connectivity index (χ3v) is 2.60. The molecule has 1 N–H and O–H groups in total. The zero-order valence-corrected chi connectivity index (χ0v) is 11.5. The van der Waals surface area contributed by atoms with Crippen LogP contribution in [0.3, 0.4) is 0 Å². The third-order valence-electron chi connectivity index (χ3n) is 2.60. The van der Waals surface area contributed by atoms with Crippen LogP contribution in [0.5, 0.6) is 0 Å². The molecular formula is C13H19N3O4. The zero-order chi connectivity index (χ0) is 15.0. The van der Waals surface area contributed by atoms with Gasteiger partial charge in [0.1, 0.15) is 5.69 Å². The first kappa shape index (κ1) is 16.1. The smallest absolute Gasteiger partial charge is 0.274 e. The van der Waals surface area contributed by atoms with Crippen molar-refractivity contribution in [2.24, 2.45) is 0 Å². The molecular weight excluding hydrogens is 262 g/mol. The summed E-state index contributed by atoms with van der Waals surface area (Å²) in [4.78, 5) is 25.2. The van der Waals surface area contributed by atoms with E-state index in [0.29, 0.717) is 13.2 Å². The summed E-state index contributed by atoms with van der Waals surface area (Å²) in [6.45, 7) is 4.51. The third kappa shape index (κ3) is 4.29. The van der Waals surface area contributed by atoms with Gasteiger partial charge in [-0.05, 0) is 6.07 Å². The van der Waals surface area contributed by atoms with Crippen molar-refractivity contribution in [2.75, 3.05) is 33.4 Å². The summed E-state index contributed by atoms with van der Waals surface area (Å²) in [7, 11) is 1.52. The van der Waals surface area contributed by atoms with Crippen LogP contribution >= 0.6 is 0 Å². The van der Waals surface area contributed by atoms with Crippen LogP contribution in [0.15, 0.2) is 29.6 Å². The lowest BCUT2D eigenvalue weighted by Crippen LogP contribution is -2.36. The Kier molecular flexibility index (Phi) is 6.61. The molecule has 0 fully saturated rings. The Morgan fingerprint density at radius 1 is 1.60 bits per heavy atom. The summed E-state index contributed by atoms with van der Waals surface area (Å²) in [6, 6.07) is 2.67. The van der Waals surface area contributed by atoms with Crippen molar-refractivity contribution in [3.8, 4) is 0 Å². The Balaban J connectivity index is 2.96. The average molecular weight is 281 g/mol. The van der Waals surface area contributed by atoms with Crippen LogP contribution in [0.1, 0.15) is 10.5 Å². The van der Waals surface area contributed by atoms with Crippen LogP contribution in [0.25, 0.3) is 0 Å². The molecule has 0 saturated carbocycles. The average Bonchev–Trinajstić information content (AvgIpc) is 2.45. The van der Waals surface area contributed by atoms with E-state index in [1.165, 1.54) is 28.8 Å². The number of aliphatic hydroxyl groups excluding tert-OH is 1. The van der Waals surface area contributed by atoms with Gasteiger partial charge in [0.15, 0.2) is 0 Å². The summed E-state index contributed by atoms with van der Waals surface area (Å²) >= 11 is 0. The number of carbonyl (C=O) groups excluding carboxylic acids is 1. The first-order chi connectivity index (χ1) is 9.63. The Bertz CT molecular complexity index is 513. The molecule has 0 bridgehead atoms. The van der Waals surface area contributed by atoms with Crippen LogP contribution in [0, 0.1) is 0 Å². The molecule has 0 atom stereocenters. The largest absolute Gasteiger partial charge is 0.395 e. The van der Waals surface area contributed by atoms with E-state index in [9.17, 15) is 9.59 Å². The van der Waals surface area contributed by atoms with E-state index in [4.69, 9.17) is 9.84 Å². The van der Waals surface area contributed by atoms with Gasteiger partial charge >= 0.3 is 0 Å². The summed E-state index contributed by atoms with van der Waals surface area (Å²) in [5.74, 6) is -0.356. The molecule has 0 aromatic carbocycles. The van der Waals surface area contributed by atoms with Gasteiger partial charge in [-0.2, -0.15) is 5.10 Å². The van der Waals surface area contributed by atoms with Crippen LogP contribution < -0.4 is 5.56 Å². The van der Waals surface area contributed by atoms with E-state index in [-0.39, 0.29) is 36.9 Å². The molecule has 0 spiro atoms.